The average molecular weight is 483 g/mol. The Morgan fingerprint density at radius 1 is 1.31 bits per heavy atom. The molecule has 0 fully saturated rings. The Bertz CT molecular complexity index is 1220. The Hall–Kier alpha value is -3.40. The summed E-state index contributed by atoms with van der Waals surface area (Å²) >= 11 is 5.78. The van der Waals surface area contributed by atoms with E-state index in [1.54, 1.807) is 13.8 Å². The first-order valence-corrected chi connectivity index (χ1v) is 10.9. The number of aromatic hydroxyl groups is 1. The van der Waals surface area contributed by atoms with Crippen LogP contribution < -0.4 is 10.1 Å². The van der Waals surface area contributed by atoms with Crippen LogP contribution in [0.3, 0.4) is 0 Å². The SMILES string of the molecule is CCN(CC)S(=O)(=O)c1cc(C#N)c(OC)c(NC(=O)c2cc(Cl)c(O)c([N+](=O)[O-])c2)c1. The predicted molar refractivity (Wildman–Crippen MR) is 116 cm³/mol. The fourth-order valence-electron chi connectivity index (χ4n) is 2.91. The molecule has 0 aliphatic carbocycles. The number of hydrogen-bond acceptors (Lipinski definition) is 8. The highest BCUT2D eigenvalue weighted by Crippen LogP contribution is 2.36. The monoisotopic (exact) mass is 482 g/mol. The van der Waals surface area contributed by atoms with E-state index in [4.69, 9.17) is 16.3 Å². The summed E-state index contributed by atoms with van der Waals surface area (Å²) in [7, 11) is -2.75. The number of nitriles is 1. The van der Waals surface area contributed by atoms with Gasteiger partial charge >= 0.3 is 5.69 Å². The van der Waals surface area contributed by atoms with Gasteiger partial charge in [0.1, 0.15) is 6.07 Å². The Labute approximate surface area is 189 Å². The number of nitro benzene ring substituents is 1. The van der Waals surface area contributed by atoms with Crippen molar-refractivity contribution in [2.45, 2.75) is 18.7 Å². The van der Waals surface area contributed by atoms with Gasteiger partial charge in [-0.1, -0.05) is 25.4 Å². The first kappa shape index (κ1) is 24.9. The van der Waals surface area contributed by atoms with Crippen molar-refractivity contribution in [1.29, 1.82) is 5.26 Å². The second-order valence-electron chi connectivity index (χ2n) is 6.29. The number of nitrogens with zero attached hydrogens (tertiary/aromatic N) is 3. The number of rotatable bonds is 8. The maximum absolute atomic E-state index is 12.9. The third-order valence-corrected chi connectivity index (χ3v) is 6.80. The fourth-order valence-corrected chi connectivity index (χ4v) is 4.63. The normalized spacial score (nSPS) is 11.1. The van der Waals surface area contributed by atoms with Crippen LogP contribution in [0.25, 0.3) is 0 Å². The first-order chi connectivity index (χ1) is 15.0. The van der Waals surface area contributed by atoms with Gasteiger partial charge in [0.15, 0.2) is 5.75 Å². The van der Waals surface area contributed by atoms with Gasteiger partial charge in [-0.05, 0) is 18.2 Å². The van der Waals surface area contributed by atoms with Gasteiger partial charge in [0.05, 0.1) is 33.2 Å². The van der Waals surface area contributed by atoms with E-state index in [9.17, 15) is 33.7 Å². The summed E-state index contributed by atoms with van der Waals surface area (Å²) in [5.41, 5.74) is -1.36. The number of carbonyl (C=O) groups excluding carboxylic acids is 1. The number of hydrogen-bond donors (Lipinski definition) is 2. The number of anilines is 1. The number of sulfonamides is 1. The number of phenols is 1. The van der Waals surface area contributed by atoms with E-state index in [-0.39, 0.29) is 40.5 Å². The molecule has 32 heavy (non-hydrogen) atoms. The molecule has 0 spiro atoms. The van der Waals surface area contributed by atoms with E-state index < -0.39 is 37.3 Å². The van der Waals surface area contributed by atoms with Gasteiger partial charge in [0, 0.05) is 24.7 Å². The number of nitro groups is 1. The zero-order chi connectivity index (χ0) is 24.2. The van der Waals surface area contributed by atoms with Crippen LogP contribution in [0.4, 0.5) is 11.4 Å². The van der Waals surface area contributed by atoms with Crippen molar-refractivity contribution in [2.75, 3.05) is 25.5 Å². The van der Waals surface area contributed by atoms with Crippen LogP contribution in [0.2, 0.25) is 5.02 Å². The number of methoxy groups -OCH3 is 1. The molecule has 0 radical (unpaired) electrons. The molecule has 0 bridgehead atoms. The Kier molecular flexibility index (Phi) is 7.63. The standard InChI is InChI=1S/C19H19ClN4O7S/c1-4-23(5-2)32(29,30)13-6-12(10-21)18(31-3)15(9-13)22-19(26)11-7-14(20)17(25)16(8-11)24(27)28/h6-9,25H,4-5H2,1-3H3,(H,22,26). The van der Waals surface area contributed by atoms with Crippen molar-refractivity contribution in [3.63, 3.8) is 0 Å². The number of phenolic OH excluding ortho intramolecular Hbond substituents is 1. The highest BCUT2D eigenvalue weighted by atomic mass is 35.5. The van der Waals surface area contributed by atoms with Gasteiger partial charge in [-0.2, -0.15) is 9.57 Å². The molecule has 11 nitrogen and oxygen atoms in total. The van der Waals surface area contributed by atoms with Gasteiger partial charge in [-0.3, -0.25) is 14.9 Å². The second kappa shape index (κ2) is 9.82. The van der Waals surface area contributed by atoms with Crippen molar-refractivity contribution >= 4 is 38.9 Å². The highest BCUT2D eigenvalue weighted by Gasteiger charge is 2.27. The third-order valence-electron chi connectivity index (χ3n) is 4.48. The van der Waals surface area contributed by atoms with Crippen LogP contribution in [0.1, 0.15) is 29.8 Å². The Morgan fingerprint density at radius 3 is 2.44 bits per heavy atom. The molecule has 13 heteroatoms. The Morgan fingerprint density at radius 2 is 1.94 bits per heavy atom. The summed E-state index contributed by atoms with van der Waals surface area (Å²) in [5.74, 6) is -1.81. The van der Waals surface area contributed by atoms with Gasteiger partial charge < -0.3 is 15.2 Å². The van der Waals surface area contributed by atoms with Crippen LogP contribution in [-0.4, -0.2) is 48.9 Å². The lowest BCUT2D eigenvalue weighted by atomic mass is 10.1. The van der Waals surface area contributed by atoms with Crippen molar-refractivity contribution in [1.82, 2.24) is 4.31 Å². The Balaban J connectivity index is 2.62. The summed E-state index contributed by atoms with van der Waals surface area (Å²) in [5, 5.41) is 32.2. The van der Waals surface area contributed by atoms with Crippen LogP contribution in [-0.2, 0) is 10.0 Å². The molecule has 0 unspecified atom stereocenters. The van der Waals surface area contributed by atoms with E-state index in [2.05, 4.69) is 5.32 Å². The molecule has 0 aliphatic rings. The maximum atomic E-state index is 12.9. The molecular formula is C19H19ClN4O7S. The molecule has 0 heterocycles. The van der Waals surface area contributed by atoms with Crippen molar-refractivity contribution < 1.29 is 28.0 Å². The number of ether oxygens (including phenoxy) is 1. The molecule has 2 N–H and O–H groups in total. The molecule has 2 aromatic carbocycles. The van der Waals surface area contributed by atoms with E-state index in [0.29, 0.717) is 0 Å². The molecule has 0 saturated carbocycles. The second-order valence-corrected chi connectivity index (χ2v) is 8.63. The molecule has 0 aliphatic heterocycles. The first-order valence-electron chi connectivity index (χ1n) is 9.12. The number of nitrogens with one attached hydrogen (secondary N) is 1. The lowest BCUT2D eigenvalue weighted by molar-refractivity contribution is -0.385. The topological polar surface area (TPSA) is 163 Å². The third kappa shape index (κ3) is 4.75. The number of halogens is 1. The minimum Gasteiger partial charge on any atom is -0.501 e. The maximum Gasteiger partial charge on any atom is 0.313 e. The van der Waals surface area contributed by atoms with Crippen molar-refractivity contribution in [3.05, 3.63) is 50.5 Å². The minimum atomic E-state index is -3.98. The van der Waals surface area contributed by atoms with Gasteiger partial charge in [-0.25, -0.2) is 8.42 Å². The lowest BCUT2D eigenvalue weighted by Crippen LogP contribution is -2.30. The summed E-state index contributed by atoms with van der Waals surface area (Å²) in [6, 6.07) is 5.90. The van der Waals surface area contributed by atoms with E-state index in [0.717, 1.165) is 24.3 Å². The molecule has 170 valence electrons. The van der Waals surface area contributed by atoms with Crippen molar-refractivity contribution in [2.24, 2.45) is 0 Å². The average Bonchev–Trinajstić information content (AvgIpc) is 2.75. The van der Waals surface area contributed by atoms with Crippen molar-refractivity contribution in [3.8, 4) is 17.6 Å². The molecule has 2 rings (SSSR count). The van der Waals surface area contributed by atoms with E-state index in [1.165, 1.54) is 11.4 Å². The summed E-state index contributed by atoms with van der Waals surface area (Å²) in [6.07, 6.45) is 0. The molecule has 0 aromatic heterocycles. The van der Waals surface area contributed by atoms with Crippen LogP contribution in [0.15, 0.2) is 29.2 Å². The summed E-state index contributed by atoms with van der Waals surface area (Å²) in [4.78, 5) is 22.7. The number of carbonyl (C=O) groups is 1. The van der Waals surface area contributed by atoms with Crippen LogP contribution >= 0.6 is 11.6 Å². The van der Waals surface area contributed by atoms with E-state index >= 15 is 0 Å². The van der Waals surface area contributed by atoms with E-state index in [1.807, 2.05) is 6.07 Å². The molecular weight excluding hydrogens is 464 g/mol. The predicted octanol–water partition coefficient (Wildman–Crippen LogP) is 3.12. The largest absolute Gasteiger partial charge is 0.501 e. The number of amides is 1. The summed E-state index contributed by atoms with van der Waals surface area (Å²) < 4.78 is 32.2. The quantitative estimate of drug-likeness (QED) is 0.428. The fraction of sp³-hybridized carbons (Fsp3) is 0.263. The van der Waals surface area contributed by atoms with Gasteiger partial charge in [-0.15, -0.1) is 0 Å². The highest BCUT2D eigenvalue weighted by molar-refractivity contribution is 7.89. The van der Waals surface area contributed by atoms with Crippen LogP contribution in [0, 0.1) is 21.4 Å². The zero-order valence-electron chi connectivity index (χ0n) is 17.2. The zero-order valence-corrected chi connectivity index (χ0v) is 18.8. The molecule has 2 aromatic rings. The lowest BCUT2D eigenvalue weighted by Gasteiger charge is -2.20. The minimum absolute atomic E-state index is 0.0984. The summed E-state index contributed by atoms with van der Waals surface area (Å²) in [6.45, 7) is 3.67. The molecule has 1 amide bonds. The number of benzene rings is 2. The van der Waals surface area contributed by atoms with Gasteiger partial charge in [0.25, 0.3) is 5.91 Å². The smallest absolute Gasteiger partial charge is 0.313 e. The van der Waals surface area contributed by atoms with Crippen LogP contribution in [0.5, 0.6) is 11.5 Å². The molecule has 0 saturated heterocycles. The molecule has 0 atom stereocenters. The van der Waals surface area contributed by atoms with Gasteiger partial charge in [0.2, 0.25) is 15.8 Å².